The van der Waals surface area contributed by atoms with E-state index in [0.717, 1.165) is 56.2 Å². The van der Waals surface area contributed by atoms with Crippen LogP contribution in [0.1, 0.15) is 12.0 Å². The number of aryl methyl sites for hydroxylation is 1. The molecule has 0 radical (unpaired) electrons. The molecule has 6 heteroatoms. The Hall–Kier alpha value is -2.24. The number of methoxy groups -OCH3 is 1. The molecule has 1 amide bonds. The van der Waals surface area contributed by atoms with Crippen molar-refractivity contribution in [3.63, 3.8) is 0 Å². The fourth-order valence-corrected chi connectivity index (χ4v) is 3.50. The number of nitrogens with zero attached hydrogens (tertiary/aromatic N) is 2. The Kier molecular flexibility index (Phi) is 7.57. The second-order valence-electron chi connectivity index (χ2n) is 6.85. The van der Waals surface area contributed by atoms with Gasteiger partial charge in [-0.3, -0.25) is 9.69 Å². The molecule has 3 rings (SSSR count). The average Bonchev–Trinajstić information content (AvgIpc) is 2.74. The van der Waals surface area contributed by atoms with Gasteiger partial charge in [0.1, 0.15) is 18.1 Å². The first-order chi connectivity index (χ1) is 13.7. The molecule has 28 heavy (non-hydrogen) atoms. The first kappa shape index (κ1) is 20.5. The highest BCUT2D eigenvalue weighted by molar-refractivity contribution is 6.32. The number of halogens is 1. The molecule has 0 unspecified atom stereocenters. The van der Waals surface area contributed by atoms with E-state index in [4.69, 9.17) is 21.1 Å². The fraction of sp³-hybridized carbons (Fsp3) is 0.409. The minimum absolute atomic E-state index is 0.217. The maximum atomic E-state index is 12.5. The number of carbonyl (C=O) groups is 1. The third-order valence-electron chi connectivity index (χ3n) is 4.99. The van der Waals surface area contributed by atoms with Gasteiger partial charge in [0.15, 0.2) is 0 Å². The largest absolute Gasteiger partial charge is 0.497 e. The highest BCUT2D eigenvalue weighted by Crippen LogP contribution is 2.23. The Bertz CT molecular complexity index is 776. The van der Waals surface area contributed by atoms with Crippen molar-refractivity contribution in [3.05, 3.63) is 59.1 Å². The molecule has 0 saturated carbocycles. The van der Waals surface area contributed by atoms with Crippen molar-refractivity contribution in [1.82, 2.24) is 9.80 Å². The van der Waals surface area contributed by atoms with Crippen LogP contribution in [0.15, 0.2) is 48.5 Å². The summed E-state index contributed by atoms with van der Waals surface area (Å²) in [5, 5.41) is 0.633. The molecule has 1 saturated heterocycles. The standard InChI is InChI=1S/C22H27ClN2O3/c1-27-19-6-4-5-18(17-19)9-10-22(26)25-13-11-24(12-14-25)15-16-28-21-8-3-2-7-20(21)23/h2-8,17H,9-16H2,1H3. The van der Waals surface area contributed by atoms with Gasteiger partial charge in [-0.15, -0.1) is 0 Å². The van der Waals surface area contributed by atoms with Gasteiger partial charge >= 0.3 is 0 Å². The van der Waals surface area contributed by atoms with Crippen LogP contribution < -0.4 is 9.47 Å². The van der Waals surface area contributed by atoms with Crippen LogP contribution in [0.25, 0.3) is 0 Å². The van der Waals surface area contributed by atoms with E-state index in [0.29, 0.717) is 18.1 Å². The zero-order valence-corrected chi connectivity index (χ0v) is 17.0. The summed E-state index contributed by atoms with van der Waals surface area (Å²) >= 11 is 6.10. The number of para-hydroxylation sites is 1. The topological polar surface area (TPSA) is 42.0 Å². The molecule has 0 atom stereocenters. The van der Waals surface area contributed by atoms with Gasteiger partial charge in [-0.1, -0.05) is 35.9 Å². The molecule has 1 heterocycles. The van der Waals surface area contributed by atoms with Crippen LogP contribution in [0.3, 0.4) is 0 Å². The Morgan fingerprint density at radius 3 is 2.61 bits per heavy atom. The molecule has 2 aromatic carbocycles. The smallest absolute Gasteiger partial charge is 0.222 e. The molecule has 5 nitrogen and oxygen atoms in total. The third-order valence-corrected chi connectivity index (χ3v) is 5.30. The summed E-state index contributed by atoms with van der Waals surface area (Å²) < 4.78 is 11.0. The predicted octanol–water partition coefficient (Wildman–Crippen LogP) is 3.50. The second kappa shape index (κ2) is 10.3. The molecule has 2 aromatic rings. The molecule has 0 spiro atoms. The lowest BCUT2D eigenvalue weighted by molar-refractivity contribution is -0.132. The SMILES string of the molecule is COc1cccc(CCC(=O)N2CCN(CCOc3ccccc3Cl)CC2)c1. The minimum Gasteiger partial charge on any atom is -0.497 e. The average molecular weight is 403 g/mol. The quantitative estimate of drug-likeness (QED) is 0.677. The Labute approximate surface area is 171 Å². The number of ether oxygens (including phenoxy) is 2. The van der Waals surface area contributed by atoms with E-state index in [2.05, 4.69) is 4.90 Å². The van der Waals surface area contributed by atoms with Gasteiger partial charge in [0.05, 0.1) is 12.1 Å². The lowest BCUT2D eigenvalue weighted by Crippen LogP contribution is -2.49. The summed E-state index contributed by atoms with van der Waals surface area (Å²) in [5.41, 5.74) is 1.13. The number of amides is 1. The van der Waals surface area contributed by atoms with Crippen molar-refractivity contribution in [2.75, 3.05) is 46.4 Å². The van der Waals surface area contributed by atoms with E-state index in [9.17, 15) is 4.79 Å². The highest BCUT2D eigenvalue weighted by atomic mass is 35.5. The van der Waals surface area contributed by atoms with Crippen molar-refractivity contribution in [1.29, 1.82) is 0 Å². The highest BCUT2D eigenvalue weighted by Gasteiger charge is 2.20. The van der Waals surface area contributed by atoms with Gasteiger partial charge in [-0.05, 0) is 36.2 Å². The number of rotatable bonds is 8. The van der Waals surface area contributed by atoms with Gasteiger partial charge in [0.2, 0.25) is 5.91 Å². The lowest BCUT2D eigenvalue weighted by Gasteiger charge is -2.34. The zero-order valence-electron chi connectivity index (χ0n) is 16.3. The lowest BCUT2D eigenvalue weighted by atomic mass is 10.1. The number of benzene rings is 2. The van der Waals surface area contributed by atoms with Crippen molar-refractivity contribution in [3.8, 4) is 11.5 Å². The maximum Gasteiger partial charge on any atom is 0.222 e. The minimum atomic E-state index is 0.217. The van der Waals surface area contributed by atoms with Crippen LogP contribution in [0.2, 0.25) is 5.02 Å². The van der Waals surface area contributed by atoms with Gasteiger partial charge in [0.25, 0.3) is 0 Å². The summed E-state index contributed by atoms with van der Waals surface area (Å²) in [6.07, 6.45) is 1.27. The number of hydrogen-bond donors (Lipinski definition) is 0. The van der Waals surface area contributed by atoms with Gasteiger partial charge in [0, 0.05) is 39.1 Å². The first-order valence-electron chi connectivity index (χ1n) is 9.66. The Morgan fingerprint density at radius 1 is 1.07 bits per heavy atom. The number of hydrogen-bond acceptors (Lipinski definition) is 4. The van der Waals surface area contributed by atoms with E-state index in [1.54, 1.807) is 7.11 Å². The van der Waals surface area contributed by atoms with Crippen LogP contribution in [0.4, 0.5) is 0 Å². The fourth-order valence-electron chi connectivity index (χ4n) is 3.30. The van der Waals surface area contributed by atoms with Crippen molar-refractivity contribution in [2.24, 2.45) is 0 Å². The Morgan fingerprint density at radius 2 is 1.86 bits per heavy atom. The van der Waals surface area contributed by atoms with Gasteiger partial charge in [-0.25, -0.2) is 0 Å². The summed E-state index contributed by atoms with van der Waals surface area (Å²) in [5.74, 6) is 1.77. The molecular formula is C22H27ClN2O3. The monoisotopic (exact) mass is 402 g/mol. The predicted molar refractivity (Wildman–Crippen MR) is 111 cm³/mol. The maximum absolute atomic E-state index is 12.5. The summed E-state index contributed by atoms with van der Waals surface area (Å²) in [6.45, 7) is 4.70. The molecule has 0 aliphatic carbocycles. The summed E-state index contributed by atoms with van der Waals surface area (Å²) in [6, 6.07) is 15.4. The van der Waals surface area contributed by atoms with E-state index in [1.165, 1.54) is 0 Å². The van der Waals surface area contributed by atoms with Crippen molar-refractivity contribution >= 4 is 17.5 Å². The third kappa shape index (κ3) is 5.88. The number of piperazine rings is 1. The van der Waals surface area contributed by atoms with Crippen LogP contribution in [0.5, 0.6) is 11.5 Å². The van der Waals surface area contributed by atoms with Crippen molar-refractivity contribution < 1.29 is 14.3 Å². The molecule has 0 aromatic heterocycles. The Balaban J connectivity index is 1.36. The summed E-state index contributed by atoms with van der Waals surface area (Å²) in [4.78, 5) is 16.8. The molecule has 0 bridgehead atoms. The van der Waals surface area contributed by atoms with E-state index < -0.39 is 0 Å². The van der Waals surface area contributed by atoms with E-state index in [-0.39, 0.29) is 5.91 Å². The molecule has 1 aliphatic rings. The van der Waals surface area contributed by atoms with Crippen LogP contribution in [-0.2, 0) is 11.2 Å². The molecular weight excluding hydrogens is 376 g/mol. The second-order valence-corrected chi connectivity index (χ2v) is 7.26. The molecule has 150 valence electrons. The van der Waals surface area contributed by atoms with Crippen molar-refractivity contribution in [2.45, 2.75) is 12.8 Å². The van der Waals surface area contributed by atoms with E-state index >= 15 is 0 Å². The van der Waals surface area contributed by atoms with E-state index in [1.807, 2.05) is 53.4 Å². The summed E-state index contributed by atoms with van der Waals surface area (Å²) in [7, 11) is 1.66. The van der Waals surface area contributed by atoms with Crippen LogP contribution in [0, 0.1) is 0 Å². The molecule has 1 aliphatic heterocycles. The van der Waals surface area contributed by atoms with Gasteiger partial charge < -0.3 is 14.4 Å². The molecule has 0 N–H and O–H groups in total. The molecule has 1 fully saturated rings. The van der Waals surface area contributed by atoms with Crippen LogP contribution in [-0.4, -0.2) is 62.1 Å². The zero-order chi connectivity index (χ0) is 19.8. The number of carbonyl (C=O) groups excluding carboxylic acids is 1. The van der Waals surface area contributed by atoms with Gasteiger partial charge in [-0.2, -0.15) is 0 Å². The van der Waals surface area contributed by atoms with Crippen LogP contribution >= 0.6 is 11.6 Å². The first-order valence-corrected chi connectivity index (χ1v) is 10.0. The normalized spacial score (nSPS) is 14.7.